The first-order valence-corrected chi connectivity index (χ1v) is 16.9. The van der Waals surface area contributed by atoms with Gasteiger partial charge in [0.2, 0.25) is 0 Å². The molecule has 0 N–H and O–H groups in total. The van der Waals surface area contributed by atoms with Gasteiger partial charge >= 0.3 is 0 Å². The van der Waals surface area contributed by atoms with Crippen molar-refractivity contribution in [3.05, 3.63) is 163 Å². The predicted octanol–water partition coefficient (Wildman–Crippen LogP) is 12.7. The fourth-order valence-electron chi connectivity index (χ4n) is 7.21. The van der Waals surface area contributed by atoms with Crippen LogP contribution in [0.5, 0.6) is 0 Å². The number of rotatable bonds is 3. The summed E-state index contributed by atoms with van der Waals surface area (Å²) in [5.41, 5.74) is 14.5. The highest BCUT2D eigenvalue weighted by atomic mass is 32.1. The van der Waals surface area contributed by atoms with Crippen LogP contribution in [0.2, 0.25) is 0 Å². The Morgan fingerprint density at radius 1 is 0.617 bits per heavy atom. The fourth-order valence-corrected chi connectivity index (χ4v) is 8.48. The molecule has 1 aliphatic heterocycles. The van der Waals surface area contributed by atoms with Crippen molar-refractivity contribution < 1.29 is 0 Å². The molecule has 0 radical (unpaired) electrons. The minimum Gasteiger partial charge on any atom is -0.306 e. The number of hydrogen-bond acceptors (Lipinski definition) is 4. The van der Waals surface area contributed by atoms with Crippen LogP contribution in [0.15, 0.2) is 152 Å². The number of para-hydroxylation sites is 5. The Kier molecular flexibility index (Phi) is 7.04. The predicted molar refractivity (Wildman–Crippen MR) is 201 cm³/mol. The van der Waals surface area contributed by atoms with Crippen molar-refractivity contribution >= 4 is 55.7 Å². The molecule has 4 heteroatoms. The molecule has 7 aromatic rings. The van der Waals surface area contributed by atoms with Crippen molar-refractivity contribution in [3.63, 3.8) is 0 Å². The molecular weight excluding hydrogens is 591 g/mol. The van der Waals surface area contributed by atoms with Gasteiger partial charge in [-0.15, -0.1) is 17.9 Å². The van der Waals surface area contributed by atoms with Gasteiger partial charge in [-0.1, -0.05) is 105 Å². The fraction of sp³-hybridized carbons (Fsp3) is 0.0930. The highest BCUT2D eigenvalue weighted by molar-refractivity contribution is 7.22. The van der Waals surface area contributed by atoms with E-state index in [-0.39, 0.29) is 5.41 Å². The van der Waals surface area contributed by atoms with Gasteiger partial charge in [0.25, 0.3) is 0 Å². The summed E-state index contributed by atoms with van der Waals surface area (Å²) in [5, 5.41) is 1.05. The van der Waals surface area contributed by atoms with Gasteiger partial charge in [0.05, 0.1) is 33.0 Å². The summed E-state index contributed by atoms with van der Waals surface area (Å²) in [6, 6.07) is 50.1. The van der Waals surface area contributed by atoms with Crippen molar-refractivity contribution in [2.45, 2.75) is 26.2 Å². The zero-order valence-corrected chi connectivity index (χ0v) is 27.6. The molecule has 2 heterocycles. The number of benzene rings is 6. The second kappa shape index (κ2) is 11.4. The lowest BCUT2D eigenvalue weighted by Gasteiger charge is -2.40. The van der Waals surface area contributed by atoms with Gasteiger partial charge < -0.3 is 9.80 Å². The smallest absolute Gasteiger partial charge is 0.124 e. The lowest BCUT2D eigenvalue weighted by atomic mass is 9.82. The maximum absolute atomic E-state index is 5.21. The Bertz CT molecular complexity index is 2230. The van der Waals surface area contributed by atoms with E-state index < -0.39 is 0 Å². The quantitative estimate of drug-likeness (QED) is 0.182. The van der Waals surface area contributed by atoms with Crippen LogP contribution < -0.4 is 9.80 Å². The Morgan fingerprint density at radius 3 is 1.83 bits per heavy atom. The Hall–Kier alpha value is -5.45. The third-order valence-electron chi connectivity index (χ3n) is 9.17. The molecule has 1 aliphatic carbocycles. The van der Waals surface area contributed by atoms with Crippen molar-refractivity contribution in [3.8, 4) is 21.7 Å². The SMILES string of the molecule is C=CC.CC1(C)c2ccccc2-c2ccc3nc(-c4cccc(N5c6ccccc6N(c6ccccc6)c6ccccc65)c4)sc3c21. The normalized spacial score (nSPS) is 13.6. The largest absolute Gasteiger partial charge is 0.306 e. The van der Waals surface area contributed by atoms with Crippen molar-refractivity contribution in [1.82, 2.24) is 4.98 Å². The summed E-state index contributed by atoms with van der Waals surface area (Å²) in [6.45, 7) is 9.95. The lowest BCUT2D eigenvalue weighted by molar-refractivity contribution is 0.667. The van der Waals surface area contributed by atoms with Crippen LogP contribution >= 0.6 is 11.3 Å². The molecular formula is C43H35N3S. The number of hydrogen-bond donors (Lipinski definition) is 0. The molecule has 228 valence electrons. The maximum atomic E-state index is 5.21. The Labute approximate surface area is 280 Å². The first kappa shape index (κ1) is 29.0. The van der Waals surface area contributed by atoms with E-state index in [4.69, 9.17) is 4.98 Å². The number of anilines is 6. The van der Waals surface area contributed by atoms with Gasteiger partial charge in [-0.25, -0.2) is 4.98 Å². The molecule has 0 amide bonds. The van der Waals surface area contributed by atoms with E-state index in [2.05, 4.69) is 170 Å². The monoisotopic (exact) mass is 625 g/mol. The van der Waals surface area contributed by atoms with Crippen LogP contribution in [-0.4, -0.2) is 4.98 Å². The summed E-state index contributed by atoms with van der Waals surface area (Å²) in [4.78, 5) is 9.95. The second-order valence-corrected chi connectivity index (χ2v) is 13.5. The van der Waals surface area contributed by atoms with E-state index in [1.807, 2.05) is 18.3 Å². The molecule has 0 atom stereocenters. The highest BCUT2D eigenvalue weighted by Crippen LogP contribution is 2.55. The topological polar surface area (TPSA) is 19.4 Å². The average Bonchev–Trinajstić information content (AvgIpc) is 3.64. The van der Waals surface area contributed by atoms with Crippen LogP contribution in [0.4, 0.5) is 34.1 Å². The Balaban J connectivity index is 0.00000104. The van der Waals surface area contributed by atoms with Crippen LogP contribution in [-0.2, 0) is 5.41 Å². The molecule has 2 aliphatic rings. The standard InChI is InChI=1S/C40H29N3S.C3H6/c1-40(2)31-18-7-6-17-29(31)30-23-24-32-38(37(30)40)44-39(41-32)26-13-12-16-28(25-26)43-35-21-10-8-19-33(35)42(27-14-4-3-5-15-27)34-20-9-11-22-36(34)43;1-3-2/h3-25H,1-2H3;3H,1H2,2H3. The molecule has 0 saturated carbocycles. The van der Waals surface area contributed by atoms with Crippen LogP contribution in [0, 0.1) is 0 Å². The van der Waals surface area contributed by atoms with Gasteiger partial charge in [-0.3, -0.25) is 0 Å². The number of thiazole rings is 1. The van der Waals surface area contributed by atoms with E-state index in [0.29, 0.717) is 0 Å². The molecule has 0 unspecified atom stereocenters. The zero-order valence-electron chi connectivity index (χ0n) is 26.8. The van der Waals surface area contributed by atoms with Gasteiger partial charge in [0.15, 0.2) is 0 Å². The van der Waals surface area contributed by atoms with E-state index in [1.165, 1.54) is 27.0 Å². The third-order valence-corrected chi connectivity index (χ3v) is 10.3. The third kappa shape index (κ3) is 4.59. The zero-order chi connectivity index (χ0) is 32.1. The summed E-state index contributed by atoms with van der Waals surface area (Å²) in [6.07, 6.45) is 1.75. The minimum absolute atomic E-state index is 0.0665. The number of nitrogens with zero attached hydrogens (tertiary/aromatic N) is 3. The molecule has 0 spiro atoms. The van der Waals surface area contributed by atoms with Crippen LogP contribution in [0.1, 0.15) is 31.9 Å². The summed E-state index contributed by atoms with van der Waals surface area (Å²) in [7, 11) is 0. The van der Waals surface area contributed by atoms with E-state index in [1.54, 1.807) is 6.08 Å². The highest BCUT2D eigenvalue weighted by Gasteiger charge is 2.37. The van der Waals surface area contributed by atoms with Crippen molar-refractivity contribution in [2.24, 2.45) is 0 Å². The van der Waals surface area contributed by atoms with Crippen molar-refractivity contribution in [1.29, 1.82) is 0 Å². The van der Waals surface area contributed by atoms with Crippen LogP contribution in [0.3, 0.4) is 0 Å². The van der Waals surface area contributed by atoms with E-state index in [0.717, 1.165) is 50.2 Å². The van der Waals surface area contributed by atoms with Gasteiger partial charge in [-0.05, 0) is 83.8 Å². The number of fused-ring (bicyclic) bond motifs is 7. The molecule has 9 rings (SSSR count). The molecule has 1 aromatic heterocycles. The second-order valence-electron chi connectivity index (χ2n) is 12.5. The minimum atomic E-state index is -0.0665. The average molecular weight is 626 g/mol. The van der Waals surface area contributed by atoms with Gasteiger partial charge in [0, 0.05) is 22.4 Å². The summed E-state index contributed by atoms with van der Waals surface area (Å²) < 4.78 is 1.29. The number of aromatic nitrogens is 1. The summed E-state index contributed by atoms with van der Waals surface area (Å²) >= 11 is 1.82. The molecule has 6 aromatic carbocycles. The first-order chi connectivity index (χ1) is 23.0. The lowest BCUT2D eigenvalue weighted by Crippen LogP contribution is -2.23. The number of allylic oxidation sites excluding steroid dienone is 1. The molecule has 3 nitrogen and oxygen atoms in total. The van der Waals surface area contributed by atoms with Crippen molar-refractivity contribution in [2.75, 3.05) is 9.80 Å². The van der Waals surface area contributed by atoms with Gasteiger partial charge in [-0.2, -0.15) is 0 Å². The molecule has 47 heavy (non-hydrogen) atoms. The Morgan fingerprint density at radius 2 is 1.17 bits per heavy atom. The van der Waals surface area contributed by atoms with E-state index >= 15 is 0 Å². The molecule has 0 saturated heterocycles. The molecule has 0 bridgehead atoms. The molecule has 0 fully saturated rings. The van der Waals surface area contributed by atoms with Crippen LogP contribution in [0.25, 0.3) is 31.9 Å². The first-order valence-electron chi connectivity index (χ1n) is 16.1. The maximum Gasteiger partial charge on any atom is 0.124 e. The summed E-state index contributed by atoms with van der Waals surface area (Å²) in [5.74, 6) is 0. The van der Waals surface area contributed by atoms with E-state index in [9.17, 15) is 0 Å². The van der Waals surface area contributed by atoms with Gasteiger partial charge in [0.1, 0.15) is 5.01 Å².